The van der Waals surface area contributed by atoms with Gasteiger partial charge < -0.3 is 10.3 Å². The SMILES string of the molecule is Fc1ccc(NCc2cnc[nH]2)cc1F. The molecule has 2 aromatic rings. The fourth-order valence-electron chi connectivity index (χ4n) is 1.18. The van der Waals surface area contributed by atoms with Gasteiger partial charge in [-0.15, -0.1) is 0 Å². The molecule has 2 N–H and O–H groups in total. The molecule has 1 aromatic heterocycles. The van der Waals surface area contributed by atoms with E-state index in [1.54, 1.807) is 12.5 Å². The first kappa shape index (κ1) is 9.64. The molecule has 1 aromatic carbocycles. The highest BCUT2D eigenvalue weighted by Crippen LogP contribution is 2.13. The Kier molecular flexibility index (Phi) is 2.62. The number of anilines is 1. The van der Waals surface area contributed by atoms with Crippen LogP contribution < -0.4 is 5.32 Å². The Bertz CT molecular complexity index is 440. The molecule has 0 spiro atoms. The smallest absolute Gasteiger partial charge is 0.160 e. The van der Waals surface area contributed by atoms with Gasteiger partial charge in [0.1, 0.15) is 0 Å². The minimum Gasteiger partial charge on any atom is -0.379 e. The third-order valence-electron chi connectivity index (χ3n) is 1.96. The van der Waals surface area contributed by atoms with E-state index in [1.807, 2.05) is 0 Å². The largest absolute Gasteiger partial charge is 0.379 e. The van der Waals surface area contributed by atoms with Gasteiger partial charge in [-0.2, -0.15) is 0 Å². The average molecular weight is 209 g/mol. The van der Waals surface area contributed by atoms with E-state index in [1.165, 1.54) is 6.07 Å². The highest BCUT2D eigenvalue weighted by molar-refractivity contribution is 5.43. The van der Waals surface area contributed by atoms with E-state index in [-0.39, 0.29) is 0 Å². The topological polar surface area (TPSA) is 40.7 Å². The zero-order chi connectivity index (χ0) is 10.7. The quantitative estimate of drug-likeness (QED) is 0.814. The van der Waals surface area contributed by atoms with Gasteiger partial charge in [-0.25, -0.2) is 13.8 Å². The number of nitrogens with zero attached hydrogens (tertiary/aromatic N) is 1. The van der Waals surface area contributed by atoms with Crippen molar-refractivity contribution >= 4 is 5.69 Å². The third-order valence-corrected chi connectivity index (χ3v) is 1.96. The molecule has 1 heterocycles. The maximum atomic E-state index is 12.8. The maximum absolute atomic E-state index is 12.8. The Morgan fingerprint density at radius 2 is 2.13 bits per heavy atom. The molecule has 0 atom stereocenters. The number of H-pyrrole nitrogens is 1. The van der Waals surface area contributed by atoms with Crippen LogP contribution in [0.1, 0.15) is 5.69 Å². The highest BCUT2D eigenvalue weighted by Gasteiger charge is 2.02. The molecule has 15 heavy (non-hydrogen) atoms. The molecule has 0 radical (unpaired) electrons. The van der Waals surface area contributed by atoms with Crippen LogP contribution in [0.4, 0.5) is 14.5 Å². The predicted octanol–water partition coefficient (Wildman–Crippen LogP) is 2.30. The van der Waals surface area contributed by atoms with Gasteiger partial charge in [0.15, 0.2) is 11.6 Å². The molecule has 3 nitrogen and oxygen atoms in total. The summed E-state index contributed by atoms with van der Waals surface area (Å²) in [6, 6.07) is 3.69. The van der Waals surface area contributed by atoms with Crippen LogP contribution in [-0.4, -0.2) is 9.97 Å². The minimum atomic E-state index is -0.857. The molecule has 5 heteroatoms. The number of hydrogen-bond donors (Lipinski definition) is 2. The lowest BCUT2D eigenvalue weighted by molar-refractivity contribution is 0.509. The molecule has 0 aliphatic heterocycles. The van der Waals surface area contributed by atoms with E-state index < -0.39 is 11.6 Å². The van der Waals surface area contributed by atoms with Crippen molar-refractivity contribution in [1.29, 1.82) is 0 Å². The van der Waals surface area contributed by atoms with E-state index in [0.717, 1.165) is 17.8 Å². The molecule has 0 saturated carbocycles. The zero-order valence-electron chi connectivity index (χ0n) is 7.80. The summed E-state index contributed by atoms with van der Waals surface area (Å²) in [6.45, 7) is 0.491. The van der Waals surface area contributed by atoms with Crippen molar-refractivity contribution in [3.63, 3.8) is 0 Å². The third kappa shape index (κ3) is 2.31. The molecule has 0 amide bonds. The van der Waals surface area contributed by atoms with Gasteiger partial charge in [0.05, 0.1) is 18.6 Å². The molecule has 0 aliphatic rings. The lowest BCUT2D eigenvalue weighted by atomic mass is 10.3. The Morgan fingerprint density at radius 1 is 1.27 bits per heavy atom. The minimum absolute atomic E-state index is 0.491. The van der Waals surface area contributed by atoms with Crippen molar-refractivity contribution in [3.8, 4) is 0 Å². The van der Waals surface area contributed by atoms with Gasteiger partial charge in [-0.1, -0.05) is 0 Å². The van der Waals surface area contributed by atoms with Gasteiger partial charge in [-0.3, -0.25) is 0 Å². The first-order valence-corrected chi connectivity index (χ1v) is 4.42. The zero-order valence-corrected chi connectivity index (χ0v) is 7.80. The van der Waals surface area contributed by atoms with Crippen LogP contribution in [0.5, 0.6) is 0 Å². The summed E-state index contributed by atoms with van der Waals surface area (Å²) in [5, 5.41) is 2.94. The second-order valence-electron chi connectivity index (χ2n) is 3.06. The van der Waals surface area contributed by atoms with E-state index in [0.29, 0.717) is 12.2 Å². The van der Waals surface area contributed by atoms with E-state index >= 15 is 0 Å². The van der Waals surface area contributed by atoms with Gasteiger partial charge in [0.25, 0.3) is 0 Å². The van der Waals surface area contributed by atoms with Crippen molar-refractivity contribution in [1.82, 2.24) is 9.97 Å². The number of halogens is 2. The first-order chi connectivity index (χ1) is 7.25. The summed E-state index contributed by atoms with van der Waals surface area (Å²) in [7, 11) is 0. The Labute approximate surface area is 85.2 Å². The van der Waals surface area contributed by atoms with Gasteiger partial charge >= 0.3 is 0 Å². The Balaban J connectivity index is 2.02. The summed E-state index contributed by atoms with van der Waals surface area (Å²) >= 11 is 0. The maximum Gasteiger partial charge on any atom is 0.160 e. The molecule has 0 aliphatic carbocycles. The Hall–Kier alpha value is -1.91. The van der Waals surface area contributed by atoms with Crippen molar-refractivity contribution in [3.05, 3.63) is 48.1 Å². The second kappa shape index (κ2) is 4.08. The lowest BCUT2D eigenvalue weighted by Crippen LogP contribution is -2.00. The monoisotopic (exact) mass is 209 g/mol. The molecule has 0 unspecified atom stereocenters. The fourth-order valence-corrected chi connectivity index (χ4v) is 1.18. The molecule has 78 valence electrons. The number of rotatable bonds is 3. The van der Waals surface area contributed by atoms with Crippen molar-refractivity contribution in [2.75, 3.05) is 5.32 Å². The van der Waals surface area contributed by atoms with Crippen LogP contribution in [0.25, 0.3) is 0 Å². The summed E-state index contributed by atoms with van der Waals surface area (Å²) in [4.78, 5) is 6.73. The van der Waals surface area contributed by atoms with E-state index in [9.17, 15) is 8.78 Å². The average Bonchev–Trinajstić information content (AvgIpc) is 2.73. The van der Waals surface area contributed by atoms with Gasteiger partial charge in [0, 0.05) is 18.0 Å². The normalized spacial score (nSPS) is 10.3. The van der Waals surface area contributed by atoms with E-state index in [2.05, 4.69) is 15.3 Å². The molecule has 2 rings (SSSR count). The molecule has 0 bridgehead atoms. The molecule has 0 fully saturated rings. The van der Waals surface area contributed by atoms with Crippen LogP contribution >= 0.6 is 0 Å². The first-order valence-electron chi connectivity index (χ1n) is 4.42. The van der Waals surface area contributed by atoms with Gasteiger partial charge in [0.2, 0.25) is 0 Å². The molecular formula is C10H9F2N3. The van der Waals surface area contributed by atoms with Crippen molar-refractivity contribution in [2.45, 2.75) is 6.54 Å². The number of hydrogen-bond acceptors (Lipinski definition) is 2. The summed E-state index contributed by atoms with van der Waals surface area (Å²) in [6.07, 6.45) is 3.22. The number of nitrogens with one attached hydrogen (secondary N) is 2. The summed E-state index contributed by atoms with van der Waals surface area (Å²) in [5.41, 5.74) is 1.41. The number of benzene rings is 1. The lowest BCUT2D eigenvalue weighted by Gasteiger charge is -2.04. The van der Waals surface area contributed by atoms with Crippen LogP contribution in [-0.2, 0) is 6.54 Å². The van der Waals surface area contributed by atoms with Gasteiger partial charge in [-0.05, 0) is 12.1 Å². The van der Waals surface area contributed by atoms with Crippen molar-refractivity contribution in [2.24, 2.45) is 0 Å². The number of aromatic amines is 1. The summed E-state index contributed by atoms with van der Waals surface area (Å²) in [5.74, 6) is -1.70. The fraction of sp³-hybridized carbons (Fsp3) is 0.100. The van der Waals surface area contributed by atoms with Crippen LogP contribution in [0.15, 0.2) is 30.7 Å². The van der Waals surface area contributed by atoms with Crippen LogP contribution in [0.3, 0.4) is 0 Å². The van der Waals surface area contributed by atoms with Crippen molar-refractivity contribution < 1.29 is 8.78 Å². The summed E-state index contributed by atoms with van der Waals surface area (Å²) < 4.78 is 25.4. The highest BCUT2D eigenvalue weighted by atomic mass is 19.2. The predicted molar refractivity (Wildman–Crippen MR) is 52.3 cm³/mol. The number of aromatic nitrogens is 2. The van der Waals surface area contributed by atoms with E-state index in [4.69, 9.17) is 0 Å². The Morgan fingerprint density at radius 3 is 2.80 bits per heavy atom. The second-order valence-corrected chi connectivity index (χ2v) is 3.06. The molecular weight excluding hydrogens is 200 g/mol. The van der Waals surface area contributed by atoms with Crippen LogP contribution in [0, 0.1) is 11.6 Å². The van der Waals surface area contributed by atoms with Crippen LogP contribution in [0.2, 0.25) is 0 Å². The molecule has 0 saturated heterocycles. The standard InChI is InChI=1S/C10H9F2N3/c11-9-2-1-7(3-10(9)12)14-5-8-4-13-6-15-8/h1-4,6,14H,5H2,(H,13,15). The number of imidazole rings is 1.